The molecule has 0 aliphatic carbocycles. The van der Waals surface area contributed by atoms with Gasteiger partial charge >= 0.3 is 5.63 Å². The minimum Gasteiger partial charge on any atom is -0.454 e. The Balaban J connectivity index is 1.47. The number of carbonyl (C=O) groups excluding carboxylic acids is 1. The lowest BCUT2D eigenvalue weighted by atomic mass is 9.94. The van der Waals surface area contributed by atoms with E-state index in [-0.39, 0.29) is 24.8 Å². The average Bonchev–Trinajstić information content (AvgIpc) is 3.14. The van der Waals surface area contributed by atoms with E-state index >= 15 is 0 Å². The zero-order valence-electron chi connectivity index (χ0n) is 15.2. The highest BCUT2D eigenvalue weighted by molar-refractivity contribution is 5.95. The van der Waals surface area contributed by atoms with E-state index in [1.165, 1.54) is 0 Å². The molecule has 0 radical (unpaired) electrons. The molecule has 7 heteroatoms. The molecule has 142 valence electrons. The average molecular weight is 370 g/mol. The molecular formula is C20H22N2O5. The molecule has 2 aliphatic rings. The van der Waals surface area contributed by atoms with Gasteiger partial charge in [-0.25, -0.2) is 4.79 Å². The zero-order valence-corrected chi connectivity index (χ0v) is 15.2. The molecule has 1 aromatic carbocycles. The summed E-state index contributed by atoms with van der Waals surface area (Å²) in [6.07, 6.45) is 1.86. The predicted octanol–water partition coefficient (Wildman–Crippen LogP) is 2.07. The predicted molar refractivity (Wildman–Crippen MR) is 98.3 cm³/mol. The molecule has 1 amide bonds. The third-order valence-electron chi connectivity index (χ3n) is 5.03. The Kier molecular flexibility index (Phi) is 4.85. The van der Waals surface area contributed by atoms with E-state index < -0.39 is 11.5 Å². The Morgan fingerprint density at radius 1 is 1.19 bits per heavy atom. The van der Waals surface area contributed by atoms with Gasteiger partial charge in [0.1, 0.15) is 11.3 Å². The summed E-state index contributed by atoms with van der Waals surface area (Å²) in [7, 11) is 0. The van der Waals surface area contributed by atoms with Crippen molar-refractivity contribution in [2.45, 2.75) is 32.2 Å². The second-order valence-corrected chi connectivity index (χ2v) is 6.89. The molecule has 0 spiro atoms. The second-order valence-electron chi connectivity index (χ2n) is 6.89. The van der Waals surface area contributed by atoms with Crippen molar-refractivity contribution in [1.82, 2.24) is 10.6 Å². The summed E-state index contributed by atoms with van der Waals surface area (Å²) in [5, 5.41) is 6.07. The van der Waals surface area contributed by atoms with E-state index in [0.29, 0.717) is 22.8 Å². The van der Waals surface area contributed by atoms with Gasteiger partial charge in [-0.3, -0.25) is 4.79 Å². The topological polar surface area (TPSA) is 89.8 Å². The third kappa shape index (κ3) is 3.68. The molecule has 0 unspecified atom stereocenters. The number of amides is 1. The van der Waals surface area contributed by atoms with Crippen LogP contribution < -0.4 is 25.7 Å². The van der Waals surface area contributed by atoms with E-state index in [0.717, 1.165) is 31.5 Å². The highest BCUT2D eigenvalue weighted by Gasteiger charge is 2.22. The van der Waals surface area contributed by atoms with Gasteiger partial charge in [-0.1, -0.05) is 6.07 Å². The fraction of sp³-hybridized carbons (Fsp3) is 0.400. The van der Waals surface area contributed by atoms with Gasteiger partial charge in [-0.15, -0.1) is 0 Å². The smallest absolute Gasteiger partial charge is 0.349 e. The fourth-order valence-electron chi connectivity index (χ4n) is 3.54. The van der Waals surface area contributed by atoms with Crippen molar-refractivity contribution in [3.05, 3.63) is 57.1 Å². The molecule has 4 rings (SSSR count). The monoisotopic (exact) mass is 370 g/mol. The molecule has 1 saturated heterocycles. The summed E-state index contributed by atoms with van der Waals surface area (Å²) < 4.78 is 16.1. The van der Waals surface area contributed by atoms with E-state index in [1.807, 2.05) is 18.2 Å². The largest absolute Gasteiger partial charge is 0.454 e. The first kappa shape index (κ1) is 17.6. The van der Waals surface area contributed by atoms with Crippen molar-refractivity contribution in [3.63, 3.8) is 0 Å². The quantitative estimate of drug-likeness (QED) is 0.856. The molecule has 1 fully saturated rings. The van der Waals surface area contributed by atoms with Crippen LogP contribution >= 0.6 is 0 Å². The summed E-state index contributed by atoms with van der Waals surface area (Å²) in [5.74, 6) is 1.81. The summed E-state index contributed by atoms with van der Waals surface area (Å²) in [6.45, 7) is 4.08. The van der Waals surface area contributed by atoms with Crippen LogP contribution in [-0.4, -0.2) is 25.8 Å². The number of ether oxygens (including phenoxy) is 2. The van der Waals surface area contributed by atoms with Crippen LogP contribution in [0.5, 0.6) is 11.5 Å². The molecule has 1 aromatic heterocycles. The summed E-state index contributed by atoms with van der Waals surface area (Å²) in [5.41, 5.74) is 0.990. The van der Waals surface area contributed by atoms with Crippen LogP contribution in [0.4, 0.5) is 0 Å². The van der Waals surface area contributed by atoms with Gasteiger partial charge in [0.2, 0.25) is 6.79 Å². The number of fused-ring (bicyclic) bond motifs is 1. The van der Waals surface area contributed by atoms with Crippen LogP contribution in [0.1, 0.15) is 46.0 Å². The van der Waals surface area contributed by atoms with Crippen molar-refractivity contribution in [2.24, 2.45) is 0 Å². The Morgan fingerprint density at radius 2 is 1.96 bits per heavy atom. The van der Waals surface area contributed by atoms with Gasteiger partial charge < -0.3 is 24.5 Å². The zero-order chi connectivity index (χ0) is 18.8. The van der Waals surface area contributed by atoms with Crippen molar-refractivity contribution < 1.29 is 18.7 Å². The molecule has 2 aromatic rings. The van der Waals surface area contributed by atoms with E-state index in [2.05, 4.69) is 10.6 Å². The molecular weight excluding hydrogens is 348 g/mol. The number of hydrogen-bond donors (Lipinski definition) is 2. The van der Waals surface area contributed by atoms with E-state index in [1.54, 1.807) is 13.0 Å². The van der Waals surface area contributed by atoms with Crippen LogP contribution in [-0.2, 0) is 6.54 Å². The Labute approximate surface area is 156 Å². The van der Waals surface area contributed by atoms with Gasteiger partial charge in [0.15, 0.2) is 11.5 Å². The van der Waals surface area contributed by atoms with Crippen LogP contribution in [0.15, 0.2) is 33.5 Å². The SMILES string of the molecule is Cc1cc(C2CCNCC2)oc(=O)c1C(=O)NCc1ccc2c(c1)OCO2. The van der Waals surface area contributed by atoms with Gasteiger partial charge in [0.05, 0.1) is 0 Å². The number of piperidine rings is 1. The van der Waals surface area contributed by atoms with Crippen molar-refractivity contribution in [2.75, 3.05) is 19.9 Å². The molecule has 2 aliphatic heterocycles. The maximum absolute atomic E-state index is 12.5. The maximum Gasteiger partial charge on any atom is 0.349 e. The van der Waals surface area contributed by atoms with Crippen molar-refractivity contribution >= 4 is 5.91 Å². The Bertz CT molecular complexity index is 915. The molecule has 7 nitrogen and oxygen atoms in total. The molecule has 0 atom stereocenters. The molecule has 0 bridgehead atoms. The summed E-state index contributed by atoms with van der Waals surface area (Å²) in [6, 6.07) is 7.30. The van der Waals surface area contributed by atoms with Gasteiger partial charge in [-0.2, -0.15) is 0 Å². The fourth-order valence-corrected chi connectivity index (χ4v) is 3.54. The van der Waals surface area contributed by atoms with Crippen LogP contribution in [0, 0.1) is 6.92 Å². The highest BCUT2D eigenvalue weighted by atomic mass is 16.7. The van der Waals surface area contributed by atoms with Crippen molar-refractivity contribution in [3.8, 4) is 11.5 Å². The first-order valence-electron chi connectivity index (χ1n) is 9.14. The second kappa shape index (κ2) is 7.44. The maximum atomic E-state index is 12.5. The lowest BCUT2D eigenvalue weighted by Crippen LogP contribution is -2.30. The Morgan fingerprint density at radius 3 is 2.74 bits per heavy atom. The first-order valence-corrected chi connectivity index (χ1v) is 9.14. The number of rotatable bonds is 4. The van der Waals surface area contributed by atoms with Crippen LogP contribution in [0.3, 0.4) is 0 Å². The Hall–Kier alpha value is -2.80. The number of carbonyl (C=O) groups is 1. The number of benzene rings is 1. The summed E-state index contributed by atoms with van der Waals surface area (Å²) in [4.78, 5) is 25.0. The molecule has 2 N–H and O–H groups in total. The lowest BCUT2D eigenvalue weighted by molar-refractivity contribution is 0.0945. The minimum atomic E-state index is -0.577. The van der Waals surface area contributed by atoms with Gasteiger partial charge in [0, 0.05) is 12.5 Å². The minimum absolute atomic E-state index is 0.0634. The lowest BCUT2D eigenvalue weighted by Gasteiger charge is -2.21. The number of hydrogen-bond acceptors (Lipinski definition) is 6. The van der Waals surface area contributed by atoms with Crippen LogP contribution in [0.25, 0.3) is 0 Å². The van der Waals surface area contributed by atoms with Crippen molar-refractivity contribution in [1.29, 1.82) is 0 Å². The van der Waals surface area contributed by atoms with E-state index in [9.17, 15) is 9.59 Å². The normalized spacial score (nSPS) is 16.3. The number of aryl methyl sites for hydroxylation is 1. The van der Waals surface area contributed by atoms with Gasteiger partial charge in [0.25, 0.3) is 5.91 Å². The summed E-state index contributed by atoms with van der Waals surface area (Å²) >= 11 is 0. The molecule has 27 heavy (non-hydrogen) atoms. The molecule has 0 saturated carbocycles. The number of nitrogens with one attached hydrogen (secondary N) is 2. The molecule has 3 heterocycles. The third-order valence-corrected chi connectivity index (χ3v) is 5.03. The van der Waals surface area contributed by atoms with Gasteiger partial charge in [-0.05, 0) is 62.2 Å². The van der Waals surface area contributed by atoms with E-state index in [4.69, 9.17) is 13.9 Å². The van der Waals surface area contributed by atoms with Crippen LogP contribution in [0.2, 0.25) is 0 Å². The first-order chi connectivity index (χ1) is 13.1. The standard InChI is InChI=1S/C20H22N2O5/c1-12-8-16(14-4-6-21-7-5-14)27-20(24)18(12)19(23)22-10-13-2-3-15-17(9-13)26-11-25-15/h2-3,8-9,14,21H,4-7,10-11H2,1H3,(H,22,23). The highest BCUT2D eigenvalue weighted by Crippen LogP contribution is 2.32.